The third kappa shape index (κ3) is 3.75. The van der Waals surface area contributed by atoms with Crippen molar-refractivity contribution in [2.24, 2.45) is 0 Å². The second-order valence-corrected chi connectivity index (χ2v) is 5.10. The van der Waals surface area contributed by atoms with E-state index in [1.54, 1.807) is 0 Å². The summed E-state index contributed by atoms with van der Waals surface area (Å²) in [6.45, 7) is 4.41. The molecule has 1 aliphatic heterocycles. The Morgan fingerprint density at radius 2 is 2.24 bits per heavy atom. The molecule has 0 bridgehead atoms. The Hall–Kier alpha value is -2.02. The van der Waals surface area contributed by atoms with Gasteiger partial charge in [-0.25, -0.2) is 4.98 Å². The summed E-state index contributed by atoms with van der Waals surface area (Å²) >= 11 is 0. The highest BCUT2D eigenvalue weighted by molar-refractivity contribution is 5.96. The van der Waals surface area contributed by atoms with Crippen LogP contribution in [0.1, 0.15) is 24.3 Å². The third-order valence-corrected chi connectivity index (χ3v) is 3.06. The Balaban J connectivity index is 2.18. The van der Waals surface area contributed by atoms with Gasteiger partial charge in [0.2, 0.25) is 11.9 Å². The fraction of sp³-hybridized carbons (Fsp3) is 0.500. The highest BCUT2D eigenvalue weighted by Crippen LogP contribution is 2.12. The van der Waals surface area contributed by atoms with E-state index >= 15 is 0 Å². The molecule has 2 rings (SSSR count). The first kappa shape index (κ1) is 15.4. The number of aromatic nitrogens is 1. The summed E-state index contributed by atoms with van der Waals surface area (Å²) in [5, 5.41) is 2.75. The topological polar surface area (TPSA) is 71.5 Å². The van der Waals surface area contributed by atoms with Crippen LogP contribution in [0.25, 0.3) is 0 Å². The number of carbonyl (C=O) groups is 2. The molecule has 6 nitrogen and oxygen atoms in total. The lowest BCUT2D eigenvalue weighted by atomic mass is 10.1. The fourth-order valence-electron chi connectivity index (χ4n) is 2.12. The highest BCUT2D eigenvalue weighted by Gasteiger charge is 2.34. The number of morpholine rings is 1. The van der Waals surface area contributed by atoms with E-state index < -0.39 is 17.9 Å². The number of hydrogen-bond donors (Lipinski definition) is 1. The van der Waals surface area contributed by atoms with Crippen LogP contribution in [0.5, 0.6) is 0 Å². The van der Waals surface area contributed by atoms with Crippen LogP contribution >= 0.6 is 0 Å². The molecule has 0 saturated carbocycles. The Morgan fingerprint density at radius 1 is 1.48 bits per heavy atom. The predicted molar refractivity (Wildman–Crippen MR) is 73.1 cm³/mol. The maximum atomic E-state index is 13.1. The molecule has 1 unspecified atom stereocenters. The Morgan fingerprint density at radius 3 is 2.90 bits per heavy atom. The van der Waals surface area contributed by atoms with Crippen molar-refractivity contribution in [1.82, 2.24) is 15.2 Å². The fourth-order valence-corrected chi connectivity index (χ4v) is 2.12. The van der Waals surface area contributed by atoms with Gasteiger partial charge in [-0.2, -0.15) is 4.39 Å². The highest BCUT2D eigenvalue weighted by atomic mass is 19.1. The average Bonchev–Trinajstić information content (AvgIpc) is 2.46. The van der Waals surface area contributed by atoms with Gasteiger partial charge in [-0.05, 0) is 26.0 Å². The smallest absolute Gasteiger partial charge is 0.273 e. The average molecular weight is 295 g/mol. The van der Waals surface area contributed by atoms with Crippen LogP contribution < -0.4 is 5.32 Å². The molecular weight excluding hydrogens is 277 g/mol. The van der Waals surface area contributed by atoms with E-state index in [0.717, 1.165) is 0 Å². The number of rotatable bonds is 3. The van der Waals surface area contributed by atoms with Crippen molar-refractivity contribution in [1.29, 1.82) is 0 Å². The second kappa shape index (κ2) is 6.62. The Kier molecular flexibility index (Phi) is 4.85. The molecule has 2 amide bonds. The zero-order valence-electron chi connectivity index (χ0n) is 12.0. The predicted octanol–water partition coefficient (Wildman–Crippen LogP) is 0.586. The van der Waals surface area contributed by atoms with Crippen LogP contribution in [0.3, 0.4) is 0 Å². The quantitative estimate of drug-likeness (QED) is 0.828. The molecule has 0 spiro atoms. The first-order chi connectivity index (χ1) is 9.99. The van der Waals surface area contributed by atoms with E-state index in [4.69, 9.17) is 4.74 Å². The van der Waals surface area contributed by atoms with Crippen molar-refractivity contribution in [2.45, 2.75) is 25.9 Å². The number of nitrogens with zero attached hydrogens (tertiary/aromatic N) is 2. The zero-order chi connectivity index (χ0) is 15.4. The van der Waals surface area contributed by atoms with Crippen LogP contribution in [0.15, 0.2) is 18.2 Å². The van der Waals surface area contributed by atoms with Crippen molar-refractivity contribution >= 4 is 11.8 Å². The minimum Gasteiger partial charge on any atom is -0.377 e. The van der Waals surface area contributed by atoms with E-state index in [0.29, 0.717) is 6.61 Å². The second-order valence-electron chi connectivity index (χ2n) is 5.10. The van der Waals surface area contributed by atoms with E-state index in [1.807, 2.05) is 13.8 Å². The number of nitrogens with one attached hydrogen (secondary N) is 1. The third-order valence-electron chi connectivity index (χ3n) is 3.06. The molecule has 1 atom stereocenters. The molecule has 1 aliphatic rings. The lowest BCUT2D eigenvalue weighted by Crippen LogP contribution is -2.56. The maximum Gasteiger partial charge on any atom is 0.273 e. The molecule has 0 aromatic carbocycles. The van der Waals surface area contributed by atoms with Gasteiger partial charge in [0.15, 0.2) is 0 Å². The summed E-state index contributed by atoms with van der Waals surface area (Å²) in [6.07, 6.45) is 0. The van der Waals surface area contributed by atoms with Gasteiger partial charge in [0.1, 0.15) is 11.7 Å². The molecule has 7 heteroatoms. The molecule has 1 fully saturated rings. The van der Waals surface area contributed by atoms with Gasteiger partial charge >= 0.3 is 0 Å². The molecule has 1 N–H and O–H groups in total. The van der Waals surface area contributed by atoms with Gasteiger partial charge in [-0.15, -0.1) is 0 Å². The van der Waals surface area contributed by atoms with Gasteiger partial charge in [0.25, 0.3) is 5.91 Å². The van der Waals surface area contributed by atoms with Crippen molar-refractivity contribution in [3.8, 4) is 0 Å². The van der Waals surface area contributed by atoms with Crippen LogP contribution in [-0.2, 0) is 9.53 Å². The van der Waals surface area contributed by atoms with Crippen molar-refractivity contribution in [3.63, 3.8) is 0 Å². The first-order valence-corrected chi connectivity index (χ1v) is 6.80. The number of ether oxygens (including phenoxy) is 1. The summed E-state index contributed by atoms with van der Waals surface area (Å²) in [6, 6.07) is 3.25. The number of carbonyl (C=O) groups excluding carboxylic acids is 2. The molecule has 1 aromatic heterocycles. The first-order valence-electron chi connectivity index (χ1n) is 6.80. The van der Waals surface area contributed by atoms with Gasteiger partial charge < -0.3 is 15.0 Å². The van der Waals surface area contributed by atoms with Crippen LogP contribution in [-0.4, -0.2) is 53.5 Å². The maximum absolute atomic E-state index is 13.1. The zero-order valence-corrected chi connectivity index (χ0v) is 12.0. The SMILES string of the molecule is CC(C)NC(=O)C1COCCN1C(=O)c1cccc(F)n1. The van der Waals surface area contributed by atoms with Crippen LogP contribution in [0, 0.1) is 5.95 Å². The molecular formula is C14H18FN3O3. The molecule has 21 heavy (non-hydrogen) atoms. The number of halogens is 1. The van der Waals surface area contributed by atoms with Gasteiger partial charge in [-0.3, -0.25) is 9.59 Å². The number of amides is 2. The molecule has 2 heterocycles. The van der Waals surface area contributed by atoms with Crippen molar-refractivity contribution < 1.29 is 18.7 Å². The standard InChI is InChI=1S/C14H18FN3O3/c1-9(2)16-13(19)11-8-21-7-6-18(11)14(20)10-4-3-5-12(15)17-10/h3-5,9,11H,6-8H2,1-2H3,(H,16,19). The molecule has 114 valence electrons. The van der Waals surface area contributed by atoms with E-state index in [9.17, 15) is 14.0 Å². The summed E-state index contributed by atoms with van der Waals surface area (Å²) in [5.41, 5.74) is -0.0146. The molecule has 0 radical (unpaired) electrons. The largest absolute Gasteiger partial charge is 0.377 e. The van der Waals surface area contributed by atoms with E-state index in [1.165, 1.54) is 23.1 Å². The minimum atomic E-state index is -0.725. The van der Waals surface area contributed by atoms with E-state index in [-0.39, 0.29) is 30.8 Å². The number of pyridine rings is 1. The normalized spacial score (nSPS) is 18.7. The molecule has 1 aromatic rings. The van der Waals surface area contributed by atoms with Crippen LogP contribution in [0.4, 0.5) is 4.39 Å². The van der Waals surface area contributed by atoms with Crippen molar-refractivity contribution in [3.05, 3.63) is 29.8 Å². The lowest BCUT2D eigenvalue weighted by Gasteiger charge is -2.34. The Labute approximate surface area is 122 Å². The summed E-state index contributed by atoms with van der Waals surface area (Å²) in [7, 11) is 0. The van der Waals surface area contributed by atoms with Gasteiger partial charge in [0.05, 0.1) is 13.2 Å². The summed E-state index contributed by atoms with van der Waals surface area (Å²) in [5.74, 6) is -1.48. The lowest BCUT2D eigenvalue weighted by molar-refractivity contribution is -0.131. The minimum absolute atomic E-state index is 0.0146. The van der Waals surface area contributed by atoms with E-state index in [2.05, 4.69) is 10.3 Å². The van der Waals surface area contributed by atoms with Crippen LogP contribution in [0.2, 0.25) is 0 Å². The number of hydrogen-bond acceptors (Lipinski definition) is 4. The monoisotopic (exact) mass is 295 g/mol. The molecule has 1 saturated heterocycles. The Bertz CT molecular complexity index is 536. The van der Waals surface area contributed by atoms with Gasteiger partial charge in [0, 0.05) is 12.6 Å². The summed E-state index contributed by atoms with van der Waals surface area (Å²) < 4.78 is 18.4. The molecule has 0 aliphatic carbocycles. The summed E-state index contributed by atoms with van der Waals surface area (Å²) in [4.78, 5) is 29.5. The van der Waals surface area contributed by atoms with Gasteiger partial charge in [-0.1, -0.05) is 6.07 Å². The van der Waals surface area contributed by atoms with Crippen molar-refractivity contribution in [2.75, 3.05) is 19.8 Å².